The zero-order valence-corrected chi connectivity index (χ0v) is 11.2. The number of halogens is 1. The second kappa shape index (κ2) is 6.38. The fraction of sp³-hybridized carbons (Fsp3) is 0.333. The van der Waals surface area contributed by atoms with Gasteiger partial charge in [0.2, 0.25) is 0 Å². The van der Waals surface area contributed by atoms with Gasteiger partial charge in [-0.1, -0.05) is 13.0 Å². The summed E-state index contributed by atoms with van der Waals surface area (Å²) in [5.74, 6) is -0.307. The van der Waals surface area contributed by atoms with E-state index in [0.29, 0.717) is 6.54 Å². The van der Waals surface area contributed by atoms with Gasteiger partial charge in [0.15, 0.2) is 0 Å². The van der Waals surface area contributed by atoms with Crippen LogP contribution in [0.3, 0.4) is 0 Å². The summed E-state index contributed by atoms with van der Waals surface area (Å²) in [7, 11) is 0. The van der Waals surface area contributed by atoms with Gasteiger partial charge in [0.1, 0.15) is 5.82 Å². The molecule has 19 heavy (non-hydrogen) atoms. The number of hydrogen-bond acceptors (Lipinski definition) is 3. The summed E-state index contributed by atoms with van der Waals surface area (Å²) in [5, 5.41) is 3.40. The lowest BCUT2D eigenvalue weighted by Gasteiger charge is -2.16. The Morgan fingerprint density at radius 1 is 1.26 bits per heavy atom. The molecular weight excluding hydrogens is 241 g/mol. The maximum absolute atomic E-state index is 12.9. The van der Waals surface area contributed by atoms with Crippen LogP contribution >= 0.6 is 0 Å². The predicted octanol–water partition coefficient (Wildman–Crippen LogP) is 3.17. The molecule has 0 aliphatic rings. The summed E-state index contributed by atoms with van der Waals surface area (Å²) < 4.78 is 12.9. The van der Waals surface area contributed by atoms with E-state index >= 15 is 0 Å². The third-order valence-electron chi connectivity index (χ3n) is 2.99. The van der Waals surface area contributed by atoms with Gasteiger partial charge in [-0.2, -0.15) is 0 Å². The number of hydrogen-bond donors (Lipinski definition) is 1. The van der Waals surface area contributed by atoms with Crippen molar-refractivity contribution in [3.05, 3.63) is 59.4 Å². The maximum Gasteiger partial charge on any atom is 0.141 e. The number of aromatic nitrogens is 2. The summed E-state index contributed by atoms with van der Waals surface area (Å²) in [6.45, 7) is 4.73. The van der Waals surface area contributed by atoms with Crippen LogP contribution in [0.5, 0.6) is 0 Å². The highest BCUT2D eigenvalue weighted by molar-refractivity contribution is 5.12. The molecule has 1 N–H and O–H groups in total. The van der Waals surface area contributed by atoms with Crippen LogP contribution in [0.1, 0.15) is 36.5 Å². The predicted molar refractivity (Wildman–Crippen MR) is 73.0 cm³/mol. The quantitative estimate of drug-likeness (QED) is 0.896. The summed E-state index contributed by atoms with van der Waals surface area (Å²) in [5.41, 5.74) is 2.87. The molecule has 4 heteroatoms. The molecule has 100 valence electrons. The van der Waals surface area contributed by atoms with Crippen LogP contribution in [-0.4, -0.2) is 9.97 Å². The molecule has 2 aromatic heterocycles. The molecule has 0 bridgehead atoms. The van der Waals surface area contributed by atoms with Crippen LogP contribution in [-0.2, 0) is 6.54 Å². The highest BCUT2D eigenvalue weighted by Crippen LogP contribution is 2.14. The lowest BCUT2D eigenvalue weighted by Crippen LogP contribution is -2.21. The Hall–Kier alpha value is -1.81. The van der Waals surface area contributed by atoms with E-state index in [0.717, 1.165) is 23.5 Å². The van der Waals surface area contributed by atoms with Crippen molar-refractivity contribution in [2.45, 2.75) is 32.9 Å². The monoisotopic (exact) mass is 259 g/mol. The van der Waals surface area contributed by atoms with Crippen molar-refractivity contribution in [1.82, 2.24) is 15.3 Å². The van der Waals surface area contributed by atoms with Gasteiger partial charge in [0.25, 0.3) is 0 Å². The molecular formula is C15H18FN3. The first-order chi connectivity index (χ1) is 9.19. The average Bonchev–Trinajstić information content (AvgIpc) is 2.41. The van der Waals surface area contributed by atoms with Crippen LogP contribution in [0, 0.1) is 12.7 Å². The van der Waals surface area contributed by atoms with Gasteiger partial charge in [-0.3, -0.25) is 9.97 Å². The Morgan fingerprint density at radius 2 is 2.11 bits per heavy atom. The Labute approximate surface area is 112 Å². The van der Waals surface area contributed by atoms with E-state index in [1.165, 1.54) is 12.3 Å². The van der Waals surface area contributed by atoms with E-state index in [2.05, 4.69) is 22.2 Å². The molecule has 0 spiro atoms. The van der Waals surface area contributed by atoms with E-state index in [1.54, 1.807) is 6.07 Å². The van der Waals surface area contributed by atoms with E-state index in [-0.39, 0.29) is 11.9 Å². The van der Waals surface area contributed by atoms with E-state index in [1.807, 2.05) is 25.1 Å². The highest BCUT2D eigenvalue weighted by Gasteiger charge is 2.10. The van der Waals surface area contributed by atoms with Gasteiger partial charge in [0.05, 0.1) is 17.6 Å². The molecule has 0 aromatic carbocycles. The third-order valence-corrected chi connectivity index (χ3v) is 2.99. The van der Waals surface area contributed by atoms with Crippen LogP contribution in [0.15, 0.2) is 36.5 Å². The topological polar surface area (TPSA) is 37.8 Å². The number of pyridine rings is 2. The van der Waals surface area contributed by atoms with Crippen LogP contribution in [0.4, 0.5) is 4.39 Å². The van der Waals surface area contributed by atoms with Gasteiger partial charge in [-0.25, -0.2) is 4.39 Å². The molecule has 1 atom stereocenters. The number of nitrogens with zero attached hydrogens (tertiary/aromatic N) is 2. The first-order valence-corrected chi connectivity index (χ1v) is 6.46. The maximum atomic E-state index is 12.9. The number of rotatable bonds is 5. The summed E-state index contributed by atoms with van der Waals surface area (Å²) in [6, 6.07) is 9.24. The molecule has 2 aromatic rings. The lowest BCUT2D eigenvalue weighted by molar-refractivity contribution is 0.499. The average molecular weight is 259 g/mol. The second-order valence-corrected chi connectivity index (χ2v) is 4.51. The molecule has 0 amide bonds. The first kappa shape index (κ1) is 13.6. The molecule has 0 aliphatic heterocycles. The largest absolute Gasteiger partial charge is 0.303 e. The van der Waals surface area contributed by atoms with Crippen LogP contribution < -0.4 is 5.32 Å². The molecule has 1 unspecified atom stereocenters. The van der Waals surface area contributed by atoms with Gasteiger partial charge in [-0.15, -0.1) is 0 Å². The van der Waals surface area contributed by atoms with Crippen molar-refractivity contribution < 1.29 is 4.39 Å². The summed E-state index contributed by atoms with van der Waals surface area (Å²) in [6.07, 6.45) is 2.15. The fourth-order valence-corrected chi connectivity index (χ4v) is 1.98. The van der Waals surface area contributed by atoms with Crippen molar-refractivity contribution >= 4 is 0 Å². The zero-order chi connectivity index (χ0) is 13.7. The smallest absolute Gasteiger partial charge is 0.141 e. The Kier molecular flexibility index (Phi) is 4.58. The van der Waals surface area contributed by atoms with Crippen molar-refractivity contribution in [3.63, 3.8) is 0 Å². The van der Waals surface area contributed by atoms with Gasteiger partial charge < -0.3 is 5.32 Å². The molecule has 0 fully saturated rings. The number of aryl methyl sites for hydroxylation is 1. The molecule has 3 nitrogen and oxygen atoms in total. The lowest BCUT2D eigenvalue weighted by atomic mass is 10.1. The normalized spacial score (nSPS) is 12.4. The van der Waals surface area contributed by atoms with Gasteiger partial charge in [-0.05, 0) is 37.6 Å². The minimum Gasteiger partial charge on any atom is -0.303 e. The molecule has 0 saturated carbocycles. The Bertz CT molecular complexity index is 525. The van der Waals surface area contributed by atoms with Gasteiger partial charge in [0, 0.05) is 18.3 Å². The molecule has 0 aliphatic carbocycles. The molecule has 0 saturated heterocycles. The van der Waals surface area contributed by atoms with Crippen molar-refractivity contribution in [2.24, 2.45) is 0 Å². The molecule has 2 heterocycles. The summed E-state index contributed by atoms with van der Waals surface area (Å²) >= 11 is 0. The van der Waals surface area contributed by atoms with E-state index < -0.39 is 0 Å². The summed E-state index contributed by atoms with van der Waals surface area (Å²) in [4.78, 5) is 8.57. The van der Waals surface area contributed by atoms with Crippen LogP contribution in [0.25, 0.3) is 0 Å². The SMILES string of the molecule is CCC(NCc1cccc(C)n1)c1ccc(F)cn1. The van der Waals surface area contributed by atoms with Crippen molar-refractivity contribution in [3.8, 4) is 0 Å². The van der Waals surface area contributed by atoms with Crippen molar-refractivity contribution in [2.75, 3.05) is 0 Å². The molecule has 0 radical (unpaired) electrons. The first-order valence-electron chi connectivity index (χ1n) is 6.46. The Balaban J connectivity index is 2.01. The van der Waals surface area contributed by atoms with Crippen LogP contribution in [0.2, 0.25) is 0 Å². The minimum atomic E-state index is -0.307. The van der Waals surface area contributed by atoms with E-state index in [9.17, 15) is 4.39 Å². The minimum absolute atomic E-state index is 0.114. The number of nitrogens with one attached hydrogen (secondary N) is 1. The zero-order valence-electron chi connectivity index (χ0n) is 11.2. The van der Waals surface area contributed by atoms with E-state index in [4.69, 9.17) is 0 Å². The second-order valence-electron chi connectivity index (χ2n) is 4.51. The Morgan fingerprint density at radius 3 is 2.74 bits per heavy atom. The van der Waals surface area contributed by atoms with Crippen molar-refractivity contribution in [1.29, 1.82) is 0 Å². The third kappa shape index (κ3) is 3.83. The van der Waals surface area contributed by atoms with Gasteiger partial charge >= 0.3 is 0 Å². The molecule has 2 rings (SSSR count). The standard InChI is InChI=1S/C15H18FN3/c1-3-14(15-8-7-12(16)9-17-15)18-10-13-6-4-5-11(2)19-13/h4-9,14,18H,3,10H2,1-2H3. The fourth-order valence-electron chi connectivity index (χ4n) is 1.98. The highest BCUT2D eigenvalue weighted by atomic mass is 19.1.